The fourth-order valence-corrected chi connectivity index (χ4v) is 2.33. The van der Waals surface area contributed by atoms with Gasteiger partial charge in [0.1, 0.15) is 0 Å². The van der Waals surface area contributed by atoms with Crippen LogP contribution in [0.2, 0.25) is 0 Å². The molecule has 3 aromatic heterocycles. The largest absolute Gasteiger partial charge is 0.360 e. The van der Waals surface area contributed by atoms with E-state index in [0.29, 0.717) is 0 Å². The second kappa shape index (κ2) is 3.94. The van der Waals surface area contributed by atoms with Crippen LogP contribution < -0.4 is 0 Å². The highest BCUT2D eigenvalue weighted by Gasteiger charge is 2.03. The van der Waals surface area contributed by atoms with Gasteiger partial charge in [0.25, 0.3) is 0 Å². The summed E-state index contributed by atoms with van der Waals surface area (Å²) < 4.78 is 0. The Morgan fingerprint density at radius 1 is 0.938 bits per heavy atom. The lowest BCUT2D eigenvalue weighted by Gasteiger charge is -2.00. The van der Waals surface area contributed by atoms with Gasteiger partial charge < -0.3 is 4.98 Å². The third-order valence-electron chi connectivity index (χ3n) is 2.40. The van der Waals surface area contributed by atoms with E-state index < -0.39 is 0 Å². The van der Waals surface area contributed by atoms with Gasteiger partial charge in [0.05, 0.1) is 22.0 Å². The molecule has 3 rings (SSSR count). The highest BCUT2D eigenvalue weighted by atomic mass is 32.1. The molecule has 78 valence electrons. The number of aromatic nitrogens is 2. The van der Waals surface area contributed by atoms with Crippen molar-refractivity contribution in [1.82, 2.24) is 9.97 Å². The Hall–Kier alpha value is -1.87. The van der Waals surface area contributed by atoms with Gasteiger partial charge in [-0.2, -0.15) is 0 Å². The Balaban J connectivity index is 2.07. The summed E-state index contributed by atoms with van der Waals surface area (Å²) in [4.78, 5) is 9.01. The minimum Gasteiger partial charge on any atom is -0.360 e. The maximum atomic E-state index is 4.64. The lowest BCUT2D eigenvalue weighted by molar-refractivity contribution is 1.29. The van der Waals surface area contributed by atoms with Crippen molar-refractivity contribution in [1.29, 1.82) is 0 Å². The van der Waals surface area contributed by atoms with E-state index in [2.05, 4.69) is 21.4 Å². The SMILES string of the molecule is c1cc(-c2ccc[nH]2)nc(-c2cccs2)c1. The molecule has 3 aromatic rings. The summed E-state index contributed by atoms with van der Waals surface area (Å²) in [7, 11) is 0. The predicted molar refractivity (Wildman–Crippen MR) is 67.3 cm³/mol. The van der Waals surface area contributed by atoms with Gasteiger partial charge in [-0.15, -0.1) is 11.3 Å². The lowest BCUT2D eigenvalue weighted by Crippen LogP contribution is -1.85. The Labute approximate surface area is 97.6 Å². The molecule has 0 amide bonds. The maximum Gasteiger partial charge on any atom is 0.0872 e. The number of rotatable bonds is 2. The number of thiophene rings is 1. The summed E-state index contributed by atoms with van der Waals surface area (Å²) in [6.07, 6.45) is 1.91. The van der Waals surface area contributed by atoms with E-state index in [1.807, 2.05) is 42.6 Å². The minimum absolute atomic E-state index is 0.982. The van der Waals surface area contributed by atoms with Gasteiger partial charge >= 0.3 is 0 Å². The highest BCUT2D eigenvalue weighted by molar-refractivity contribution is 7.13. The molecule has 0 radical (unpaired) electrons. The van der Waals surface area contributed by atoms with Crippen LogP contribution in [0, 0.1) is 0 Å². The van der Waals surface area contributed by atoms with Crippen LogP contribution in [0.1, 0.15) is 0 Å². The van der Waals surface area contributed by atoms with Crippen LogP contribution in [0.15, 0.2) is 54.0 Å². The number of nitrogens with one attached hydrogen (secondary N) is 1. The first-order chi connectivity index (χ1) is 7.93. The van der Waals surface area contributed by atoms with Crippen LogP contribution in [0.5, 0.6) is 0 Å². The van der Waals surface area contributed by atoms with Crippen LogP contribution in [-0.2, 0) is 0 Å². The topological polar surface area (TPSA) is 28.7 Å². The van der Waals surface area contributed by atoms with Crippen LogP contribution in [-0.4, -0.2) is 9.97 Å². The summed E-state index contributed by atoms with van der Waals surface area (Å²) in [5.41, 5.74) is 3.07. The molecule has 0 aliphatic carbocycles. The van der Waals surface area contributed by atoms with Gasteiger partial charge in [-0.1, -0.05) is 12.1 Å². The third-order valence-corrected chi connectivity index (χ3v) is 3.29. The van der Waals surface area contributed by atoms with Gasteiger partial charge in [-0.05, 0) is 35.7 Å². The molecule has 3 heteroatoms. The van der Waals surface area contributed by atoms with Crippen LogP contribution in [0.4, 0.5) is 0 Å². The van der Waals surface area contributed by atoms with Gasteiger partial charge in [-0.3, -0.25) is 0 Å². The average molecular weight is 226 g/mol. The zero-order chi connectivity index (χ0) is 10.8. The van der Waals surface area contributed by atoms with Crippen LogP contribution >= 0.6 is 11.3 Å². The zero-order valence-electron chi connectivity index (χ0n) is 8.55. The molecular formula is C13H10N2S. The molecule has 0 saturated carbocycles. The van der Waals surface area contributed by atoms with E-state index in [4.69, 9.17) is 0 Å². The first-order valence-corrected chi connectivity index (χ1v) is 5.96. The summed E-state index contributed by atoms with van der Waals surface area (Å²) in [5, 5.41) is 2.07. The minimum atomic E-state index is 0.982. The molecule has 0 aliphatic rings. The Bertz CT molecular complexity index is 518. The molecule has 16 heavy (non-hydrogen) atoms. The first-order valence-electron chi connectivity index (χ1n) is 5.08. The summed E-state index contributed by atoms with van der Waals surface area (Å²) in [6.45, 7) is 0. The smallest absolute Gasteiger partial charge is 0.0872 e. The molecule has 0 spiro atoms. The van der Waals surface area contributed by atoms with E-state index in [1.165, 1.54) is 4.88 Å². The number of aromatic amines is 1. The molecule has 0 saturated heterocycles. The van der Waals surface area contributed by atoms with Crippen molar-refractivity contribution in [3.05, 3.63) is 54.0 Å². The van der Waals surface area contributed by atoms with E-state index in [1.54, 1.807) is 11.3 Å². The molecule has 0 atom stereocenters. The van der Waals surface area contributed by atoms with Crippen molar-refractivity contribution in [2.24, 2.45) is 0 Å². The van der Waals surface area contributed by atoms with E-state index in [0.717, 1.165) is 17.1 Å². The molecule has 0 unspecified atom stereocenters. The highest BCUT2D eigenvalue weighted by Crippen LogP contribution is 2.24. The lowest BCUT2D eigenvalue weighted by atomic mass is 10.2. The fourth-order valence-electron chi connectivity index (χ4n) is 1.64. The Kier molecular flexibility index (Phi) is 2.31. The van der Waals surface area contributed by atoms with E-state index in [-0.39, 0.29) is 0 Å². The van der Waals surface area contributed by atoms with Crippen molar-refractivity contribution in [3.8, 4) is 22.0 Å². The maximum absolute atomic E-state index is 4.64. The van der Waals surface area contributed by atoms with Crippen molar-refractivity contribution >= 4 is 11.3 Å². The number of hydrogen-bond acceptors (Lipinski definition) is 2. The van der Waals surface area contributed by atoms with Crippen LogP contribution in [0.3, 0.4) is 0 Å². The van der Waals surface area contributed by atoms with Gasteiger partial charge in [0, 0.05) is 6.20 Å². The molecule has 0 fully saturated rings. The fraction of sp³-hybridized carbons (Fsp3) is 0. The predicted octanol–water partition coefficient (Wildman–Crippen LogP) is 3.81. The Morgan fingerprint density at radius 3 is 2.62 bits per heavy atom. The van der Waals surface area contributed by atoms with Crippen LogP contribution in [0.25, 0.3) is 22.0 Å². The number of pyridine rings is 1. The van der Waals surface area contributed by atoms with Crippen molar-refractivity contribution < 1.29 is 0 Å². The second-order valence-corrected chi connectivity index (χ2v) is 4.42. The van der Waals surface area contributed by atoms with Crippen molar-refractivity contribution in [3.63, 3.8) is 0 Å². The summed E-state index contributed by atoms with van der Waals surface area (Å²) in [6, 6.07) is 14.2. The molecule has 1 N–H and O–H groups in total. The van der Waals surface area contributed by atoms with Crippen molar-refractivity contribution in [2.75, 3.05) is 0 Å². The molecule has 0 bridgehead atoms. The summed E-state index contributed by atoms with van der Waals surface area (Å²) in [5.74, 6) is 0. The van der Waals surface area contributed by atoms with Gasteiger partial charge in [0.15, 0.2) is 0 Å². The standard InChI is InChI=1S/C13H10N2S/c1-4-11(10-6-2-8-14-10)15-12(5-1)13-7-3-9-16-13/h1-9,14H. The molecule has 3 heterocycles. The summed E-state index contributed by atoms with van der Waals surface area (Å²) >= 11 is 1.71. The van der Waals surface area contributed by atoms with Gasteiger partial charge in [0.2, 0.25) is 0 Å². The number of H-pyrrole nitrogens is 1. The first kappa shape index (κ1) is 9.36. The number of hydrogen-bond donors (Lipinski definition) is 1. The quantitative estimate of drug-likeness (QED) is 0.707. The Morgan fingerprint density at radius 2 is 1.88 bits per heavy atom. The number of nitrogens with zero attached hydrogens (tertiary/aromatic N) is 1. The van der Waals surface area contributed by atoms with E-state index >= 15 is 0 Å². The average Bonchev–Trinajstić information content (AvgIpc) is 3.03. The van der Waals surface area contributed by atoms with E-state index in [9.17, 15) is 0 Å². The van der Waals surface area contributed by atoms with Gasteiger partial charge in [-0.25, -0.2) is 4.98 Å². The van der Waals surface area contributed by atoms with Crippen molar-refractivity contribution in [2.45, 2.75) is 0 Å². The molecule has 2 nitrogen and oxygen atoms in total. The third kappa shape index (κ3) is 1.66. The zero-order valence-corrected chi connectivity index (χ0v) is 9.37. The molecular weight excluding hydrogens is 216 g/mol. The second-order valence-electron chi connectivity index (χ2n) is 3.47. The normalized spacial score (nSPS) is 10.5. The monoisotopic (exact) mass is 226 g/mol. The molecule has 0 aromatic carbocycles. The molecule has 0 aliphatic heterocycles.